The number of ether oxygens (including phenoxy) is 1. The molecule has 0 aliphatic rings. The SMILES string of the molecule is COc1ccc(NC(=O)Cc2nc3csnc3c(=O)[nH]2)cc1. The lowest BCUT2D eigenvalue weighted by Crippen LogP contribution is -2.19. The number of aromatic nitrogens is 3. The minimum Gasteiger partial charge on any atom is -0.497 e. The highest BCUT2D eigenvalue weighted by Gasteiger charge is 2.10. The van der Waals surface area contributed by atoms with Gasteiger partial charge in [-0.05, 0) is 35.8 Å². The van der Waals surface area contributed by atoms with Crippen molar-refractivity contribution in [3.8, 4) is 5.75 Å². The zero-order valence-electron chi connectivity index (χ0n) is 11.6. The fourth-order valence-electron chi connectivity index (χ4n) is 1.95. The van der Waals surface area contributed by atoms with Gasteiger partial charge in [0.1, 0.15) is 17.1 Å². The number of H-pyrrole nitrogens is 1. The highest BCUT2D eigenvalue weighted by molar-refractivity contribution is 7.04. The summed E-state index contributed by atoms with van der Waals surface area (Å²) in [7, 11) is 1.57. The summed E-state index contributed by atoms with van der Waals surface area (Å²) in [5, 5.41) is 4.41. The van der Waals surface area contributed by atoms with Crippen molar-refractivity contribution in [2.45, 2.75) is 6.42 Å². The van der Waals surface area contributed by atoms with Gasteiger partial charge in [0.05, 0.1) is 13.5 Å². The van der Waals surface area contributed by atoms with Crippen LogP contribution in [0.4, 0.5) is 5.69 Å². The number of nitrogens with zero attached hydrogens (tertiary/aromatic N) is 2. The van der Waals surface area contributed by atoms with Crippen LogP contribution in [0.2, 0.25) is 0 Å². The molecule has 0 aliphatic carbocycles. The van der Waals surface area contributed by atoms with Crippen molar-refractivity contribution >= 4 is 34.2 Å². The molecule has 0 aliphatic heterocycles. The normalized spacial score (nSPS) is 10.6. The van der Waals surface area contributed by atoms with Crippen molar-refractivity contribution in [3.63, 3.8) is 0 Å². The fourth-order valence-corrected chi connectivity index (χ4v) is 2.55. The van der Waals surface area contributed by atoms with Crippen LogP contribution in [0, 0.1) is 0 Å². The number of methoxy groups -OCH3 is 1. The first-order chi connectivity index (χ1) is 10.7. The molecule has 1 aromatic carbocycles. The number of rotatable bonds is 4. The highest BCUT2D eigenvalue weighted by Crippen LogP contribution is 2.15. The van der Waals surface area contributed by atoms with Crippen LogP contribution in [0.1, 0.15) is 5.82 Å². The lowest BCUT2D eigenvalue weighted by Gasteiger charge is -2.06. The number of hydrogen-bond acceptors (Lipinski definition) is 6. The van der Waals surface area contributed by atoms with E-state index < -0.39 is 0 Å². The molecule has 0 fully saturated rings. The van der Waals surface area contributed by atoms with Crippen molar-refractivity contribution in [2.75, 3.05) is 12.4 Å². The van der Waals surface area contributed by atoms with E-state index in [0.717, 1.165) is 11.5 Å². The van der Waals surface area contributed by atoms with Gasteiger partial charge in [-0.15, -0.1) is 0 Å². The maximum Gasteiger partial charge on any atom is 0.278 e. The Hall–Kier alpha value is -2.74. The Labute approximate surface area is 129 Å². The summed E-state index contributed by atoms with van der Waals surface area (Å²) in [6.07, 6.45) is -0.0208. The second-order valence-corrected chi connectivity index (χ2v) is 5.14. The lowest BCUT2D eigenvalue weighted by molar-refractivity contribution is -0.115. The van der Waals surface area contributed by atoms with Crippen LogP contribution in [0.25, 0.3) is 11.0 Å². The van der Waals surface area contributed by atoms with E-state index in [4.69, 9.17) is 4.74 Å². The number of anilines is 1. The molecule has 0 saturated carbocycles. The van der Waals surface area contributed by atoms with E-state index in [1.54, 1.807) is 36.8 Å². The Morgan fingerprint density at radius 3 is 2.86 bits per heavy atom. The highest BCUT2D eigenvalue weighted by atomic mass is 32.1. The standard InChI is InChI=1S/C14H12N4O3S/c1-21-9-4-2-8(3-5-9)15-12(19)6-11-16-10-7-22-18-13(10)14(20)17-11/h2-5,7H,6H2,1H3,(H,15,19)(H,16,17,20). The molecule has 0 atom stereocenters. The zero-order chi connectivity index (χ0) is 15.5. The molecular formula is C14H12N4O3S. The lowest BCUT2D eigenvalue weighted by atomic mass is 10.3. The summed E-state index contributed by atoms with van der Waals surface area (Å²) in [6.45, 7) is 0. The monoisotopic (exact) mass is 316 g/mol. The summed E-state index contributed by atoms with van der Waals surface area (Å²) >= 11 is 1.16. The van der Waals surface area contributed by atoms with Crippen LogP contribution in [-0.2, 0) is 11.2 Å². The third kappa shape index (κ3) is 2.96. The van der Waals surface area contributed by atoms with Gasteiger partial charge >= 0.3 is 0 Å². The fraction of sp³-hybridized carbons (Fsp3) is 0.143. The first-order valence-corrected chi connectivity index (χ1v) is 7.26. The second-order valence-electron chi connectivity index (χ2n) is 4.51. The van der Waals surface area contributed by atoms with Crippen molar-refractivity contribution < 1.29 is 9.53 Å². The van der Waals surface area contributed by atoms with Gasteiger partial charge in [0.25, 0.3) is 5.56 Å². The third-order valence-corrected chi connectivity index (χ3v) is 3.60. The van der Waals surface area contributed by atoms with Crippen LogP contribution in [0.5, 0.6) is 5.75 Å². The van der Waals surface area contributed by atoms with Crippen LogP contribution < -0.4 is 15.6 Å². The Bertz CT molecular complexity index is 870. The maximum absolute atomic E-state index is 12.0. The van der Waals surface area contributed by atoms with Crippen LogP contribution in [0.15, 0.2) is 34.4 Å². The van der Waals surface area contributed by atoms with Crippen LogP contribution >= 0.6 is 11.5 Å². The van der Waals surface area contributed by atoms with E-state index in [0.29, 0.717) is 28.3 Å². The molecule has 0 radical (unpaired) electrons. The predicted octanol–water partition coefficient (Wildman–Crippen LogP) is 1.57. The minimum atomic E-state index is -0.335. The summed E-state index contributed by atoms with van der Waals surface area (Å²) in [5.74, 6) is 0.749. The number of benzene rings is 1. The quantitative estimate of drug-likeness (QED) is 0.761. The number of aromatic amines is 1. The number of nitrogens with one attached hydrogen (secondary N) is 2. The zero-order valence-corrected chi connectivity index (χ0v) is 12.4. The van der Waals surface area contributed by atoms with E-state index in [9.17, 15) is 9.59 Å². The number of carbonyl (C=O) groups is 1. The third-order valence-electron chi connectivity index (χ3n) is 2.98. The van der Waals surface area contributed by atoms with Crippen molar-refractivity contribution in [2.24, 2.45) is 0 Å². The molecule has 22 heavy (non-hydrogen) atoms. The molecule has 1 amide bonds. The molecule has 3 rings (SSSR count). The number of fused-ring (bicyclic) bond motifs is 1. The molecule has 2 N–H and O–H groups in total. The van der Waals surface area contributed by atoms with Gasteiger partial charge in [-0.2, -0.15) is 4.37 Å². The predicted molar refractivity (Wildman–Crippen MR) is 83.4 cm³/mol. The van der Waals surface area contributed by atoms with E-state index in [2.05, 4.69) is 19.7 Å². The molecule has 0 bridgehead atoms. The molecule has 2 aromatic heterocycles. The number of hydrogen-bond donors (Lipinski definition) is 2. The summed E-state index contributed by atoms with van der Waals surface area (Å²) in [6, 6.07) is 6.97. The van der Waals surface area contributed by atoms with Gasteiger partial charge in [-0.1, -0.05) is 0 Å². The largest absolute Gasteiger partial charge is 0.497 e. The van der Waals surface area contributed by atoms with Gasteiger partial charge in [0, 0.05) is 11.1 Å². The summed E-state index contributed by atoms with van der Waals surface area (Å²) in [5.41, 5.74) is 1.11. The smallest absolute Gasteiger partial charge is 0.278 e. The molecule has 0 unspecified atom stereocenters. The van der Waals surface area contributed by atoms with Gasteiger partial charge in [0.15, 0.2) is 5.52 Å². The van der Waals surface area contributed by atoms with Crippen LogP contribution in [0.3, 0.4) is 0 Å². The summed E-state index contributed by atoms with van der Waals surface area (Å²) in [4.78, 5) is 30.6. The molecule has 0 spiro atoms. The molecule has 112 valence electrons. The van der Waals surface area contributed by atoms with E-state index >= 15 is 0 Å². The van der Waals surface area contributed by atoms with Gasteiger partial charge in [0.2, 0.25) is 5.91 Å². The summed E-state index contributed by atoms with van der Waals surface area (Å²) < 4.78 is 8.99. The van der Waals surface area contributed by atoms with Gasteiger partial charge < -0.3 is 15.0 Å². The molecule has 0 saturated heterocycles. The van der Waals surface area contributed by atoms with Crippen molar-refractivity contribution in [1.82, 2.24) is 14.3 Å². The van der Waals surface area contributed by atoms with Crippen molar-refractivity contribution in [1.29, 1.82) is 0 Å². The topological polar surface area (TPSA) is 97.0 Å². The Morgan fingerprint density at radius 2 is 2.14 bits per heavy atom. The van der Waals surface area contributed by atoms with E-state index in [1.807, 2.05) is 0 Å². The Balaban J connectivity index is 1.73. The Morgan fingerprint density at radius 1 is 1.36 bits per heavy atom. The number of carbonyl (C=O) groups excluding carboxylic acids is 1. The van der Waals surface area contributed by atoms with Gasteiger partial charge in [-0.25, -0.2) is 4.98 Å². The average Bonchev–Trinajstić information content (AvgIpc) is 2.97. The molecule has 3 aromatic rings. The second kappa shape index (κ2) is 5.94. The first-order valence-electron chi connectivity index (χ1n) is 6.43. The Kier molecular flexibility index (Phi) is 3.84. The minimum absolute atomic E-state index is 0.0208. The average molecular weight is 316 g/mol. The maximum atomic E-state index is 12.0. The molecule has 7 nitrogen and oxygen atoms in total. The molecule has 2 heterocycles. The molecule has 8 heteroatoms. The molecular weight excluding hydrogens is 304 g/mol. The van der Waals surface area contributed by atoms with Gasteiger partial charge in [-0.3, -0.25) is 9.59 Å². The van der Waals surface area contributed by atoms with E-state index in [-0.39, 0.29) is 17.9 Å². The van der Waals surface area contributed by atoms with Crippen molar-refractivity contribution in [3.05, 3.63) is 45.8 Å². The van der Waals surface area contributed by atoms with Crippen LogP contribution in [-0.4, -0.2) is 27.4 Å². The first kappa shape index (κ1) is 14.2. The van der Waals surface area contributed by atoms with E-state index in [1.165, 1.54) is 0 Å². The number of amides is 1.